The Balaban J connectivity index is 1.62. The average Bonchev–Trinajstić information content (AvgIpc) is 3.32. The summed E-state index contributed by atoms with van der Waals surface area (Å²) in [7, 11) is 0. The van der Waals surface area contributed by atoms with E-state index in [1.807, 2.05) is 6.07 Å². The summed E-state index contributed by atoms with van der Waals surface area (Å²) in [6.45, 7) is 4.29. The molecule has 2 saturated carbocycles. The van der Waals surface area contributed by atoms with E-state index in [1.165, 1.54) is 18.4 Å². The van der Waals surface area contributed by atoms with Crippen LogP contribution in [0.15, 0.2) is 12.1 Å². The van der Waals surface area contributed by atoms with Crippen LogP contribution in [0, 0.1) is 5.92 Å². The highest BCUT2D eigenvalue weighted by Crippen LogP contribution is 2.57. The van der Waals surface area contributed by atoms with Gasteiger partial charge in [-0.05, 0) is 49.8 Å². The molecular weight excluding hydrogens is 316 g/mol. The summed E-state index contributed by atoms with van der Waals surface area (Å²) in [5.74, 6) is 1.44. The van der Waals surface area contributed by atoms with Crippen molar-refractivity contribution in [3.8, 4) is 11.5 Å². The molecular formula is C20H26N2O3. The lowest BCUT2D eigenvalue weighted by Gasteiger charge is -2.53. The Bertz CT molecular complexity index is 745. The first-order valence-corrected chi connectivity index (χ1v) is 9.60. The minimum atomic E-state index is -0.525. The average molecular weight is 342 g/mol. The van der Waals surface area contributed by atoms with Crippen LogP contribution in [-0.2, 0) is 11.2 Å². The zero-order valence-corrected chi connectivity index (χ0v) is 14.7. The Kier molecular flexibility index (Phi) is 3.26. The van der Waals surface area contributed by atoms with Gasteiger partial charge in [0.1, 0.15) is 0 Å². The Hall–Kier alpha value is -1.59. The number of rotatable bonds is 4. The van der Waals surface area contributed by atoms with Crippen molar-refractivity contribution in [3.63, 3.8) is 0 Å². The number of benzene rings is 1. The zero-order valence-electron chi connectivity index (χ0n) is 14.7. The SMILES string of the molecule is CCN(CC1CC1)[C@@H]1Cc2ccc(O)c3c2C2C(O3)C(=O)CCC21N. The number of phenolic OH excluding ortho intramolecular Hbond substituents is 1. The van der Waals surface area contributed by atoms with Crippen LogP contribution in [-0.4, -0.2) is 46.6 Å². The molecule has 5 heteroatoms. The predicted octanol–water partition coefficient (Wildman–Crippen LogP) is 1.95. The van der Waals surface area contributed by atoms with Crippen LogP contribution < -0.4 is 10.5 Å². The first-order chi connectivity index (χ1) is 12.0. The fourth-order valence-electron chi connectivity index (χ4n) is 5.41. The van der Waals surface area contributed by atoms with E-state index in [0.717, 1.165) is 31.0 Å². The van der Waals surface area contributed by atoms with E-state index >= 15 is 0 Å². The number of hydrogen-bond donors (Lipinski definition) is 2. The van der Waals surface area contributed by atoms with Gasteiger partial charge in [-0.1, -0.05) is 13.0 Å². The number of aromatic hydroxyl groups is 1. The predicted molar refractivity (Wildman–Crippen MR) is 93.9 cm³/mol. The summed E-state index contributed by atoms with van der Waals surface area (Å²) in [4.78, 5) is 15.1. The van der Waals surface area contributed by atoms with Gasteiger partial charge in [-0.15, -0.1) is 0 Å². The van der Waals surface area contributed by atoms with Crippen LogP contribution >= 0.6 is 0 Å². The lowest BCUT2D eigenvalue weighted by atomic mass is 9.60. The lowest BCUT2D eigenvalue weighted by Crippen LogP contribution is -2.68. The molecule has 25 heavy (non-hydrogen) atoms. The number of nitrogens with two attached hydrogens (primary N) is 1. The first kappa shape index (κ1) is 15.6. The van der Waals surface area contributed by atoms with E-state index < -0.39 is 11.6 Å². The maximum atomic E-state index is 12.5. The summed E-state index contributed by atoms with van der Waals surface area (Å²) < 4.78 is 5.97. The highest BCUT2D eigenvalue weighted by molar-refractivity contribution is 5.88. The van der Waals surface area contributed by atoms with Gasteiger partial charge < -0.3 is 15.6 Å². The van der Waals surface area contributed by atoms with Gasteiger partial charge in [-0.2, -0.15) is 0 Å². The third-order valence-electron chi connectivity index (χ3n) is 6.90. The molecule has 0 aromatic heterocycles. The van der Waals surface area contributed by atoms with Crippen LogP contribution in [0.25, 0.3) is 0 Å². The third kappa shape index (κ3) is 2.12. The Labute approximate surface area is 148 Å². The van der Waals surface area contributed by atoms with Crippen LogP contribution in [0.3, 0.4) is 0 Å². The molecule has 1 aliphatic heterocycles. The van der Waals surface area contributed by atoms with Crippen molar-refractivity contribution in [1.82, 2.24) is 4.90 Å². The number of hydrogen-bond acceptors (Lipinski definition) is 5. The Morgan fingerprint density at radius 1 is 1.40 bits per heavy atom. The van der Waals surface area contributed by atoms with Crippen molar-refractivity contribution in [3.05, 3.63) is 23.3 Å². The van der Waals surface area contributed by atoms with Crippen molar-refractivity contribution in [2.75, 3.05) is 13.1 Å². The molecule has 3 aliphatic carbocycles. The largest absolute Gasteiger partial charge is 0.504 e. The van der Waals surface area contributed by atoms with Crippen LogP contribution in [0.1, 0.15) is 49.7 Å². The maximum absolute atomic E-state index is 12.5. The minimum absolute atomic E-state index is 0.124. The van der Waals surface area contributed by atoms with E-state index in [-0.39, 0.29) is 23.5 Å². The molecule has 2 fully saturated rings. The molecule has 0 spiro atoms. The third-order valence-corrected chi connectivity index (χ3v) is 6.90. The molecule has 134 valence electrons. The monoisotopic (exact) mass is 342 g/mol. The number of carbonyl (C=O) groups is 1. The second-order valence-electron chi connectivity index (χ2n) is 8.33. The summed E-state index contributed by atoms with van der Waals surface area (Å²) in [6, 6.07) is 3.93. The Morgan fingerprint density at radius 2 is 2.20 bits per heavy atom. The van der Waals surface area contributed by atoms with Gasteiger partial charge in [0.05, 0.1) is 5.92 Å². The molecule has 3 N–H and O–H groups in total. The van der Waals surface area contributed by atoms with E-state index in [4.69, 9.17) is 10.5 Å². The molecule has 0 bridgehead atoms. The Morgan fingerprint density at radius 3 is 2.92 bits per heavy atom. The molecule has 0 saturated heterocycles. The van der Waals surface area contributed by atoms with E-state index in [2.05, 4.69) is 11.8 Å². The summed E-state index contributed by atoms with van der Waals surface area (Å²) in [5.41, 5.74) is 8.80. The van der Waals surface area contributed by atoms with Crippen LogP contribution in [0.4, 0.5) is 0 Å². The van der Waals surface area contributed by atoms with E-state index in [1.54, 1.807) is 6.07 Å². The fourth-order valence-corrected chi connectivity index (χ4v) is 5.41. The number of ether oxygens (including phenoxy) is 1. The normalized spacial score (nSPS) is 35.6. The number of nitrogens with zero attached hydrogens (tertiary/aromatic N) is 1. The standard InChI is InChI=1S/C20H26N2O3/c1-2-22(10-11-3-4-11)15-9-12-5-6-13(23)18-16(12)17-19(25-18)14(24)7-8-20(15,17)21/h5-6,11,15,17,19,23H,2-4,7-10,21H2,1H3/t15-,17?,19?,20?/m1/s1. The molecule has 0 amide bonds. The van der Waals surface area contributed by atoms with Gasteiger partial charge in [0.25, 0.3) is 0 Å². The molecule has 1 heterocycles. The van der Waals surface area contributed by atoms with Crippen molar-refractivity contribution >= 4 is 5.78 Å². The quantitative estimate of drug-likeness (QED) is 0.875. The van der Waals surface area contributed by atoms with Gasteiger partial charge in [0, 0.05) is 30.1 Å². The number of likely N-dealkylation sites (N-methyl/N-ethyl adjacent to an activating group) is 1. The summed E-state index contributed by atoms with van der Waals surface area (Å²) in [6.07, 6.45) is 4.17. The lowest BCUT2D eigenvalue weighted by molar-refractivity contribution is -0.131. The summed E-state index contributed by atoms with van der Waals surface area (Å²) in [5, 5.41) is 10.2. The second kappa shape index (κ2) is 5.21. The van der Waals surface area contributed by atoms with Gasteiger partial charge >= 0.3 is 0 Å². The number of ketones is 1. The number of Topliss-reactive ketones (excluding diaryl/α,β-unsaturated/α-hetero) is 1. The van der Waals surface area contributed by atoms with Crippen LogP contribution in [0.2, 0.25) is 0 Å². The van der Waals surface area contributed by atoms with Gasteiger partial charge in [-0.3, -0.25) is 9.69 Å². The molecule has 3 unspecified atom stereocenters. The number of phenols is 1. The maximum Gasteiger partial charge on any atom is 0.174 e. The summed E-state index contributed by atoms with van der Waals surface area (Å²) >= 11 is 0. The zero-order chi connectivity index (χ0) is 17.3. The highest BCUT2D eigenvalue weighted by atomic mass is 16.5. The van der Waals surface area contributed by atoms with Crippen molar-refractivity contribution in [2.24, 2.45) is 11.7 Å². The van der Waals surface area contributed by atoms with Crippen LogP contribution in [0.5, 0.6) is 11.5 Å². The minimum Gasteiger partial charge on any atom is -0.504 e. The molecule has 5 rings (SSSR count). The molecule has 4 aliphatic rings. The van der Waals surface area contributed by atoms with Crippen molar-refractivity contribution < 1.29 is 14.6 Å². The van der Waals surface area contributed by atoms with Gasteiger partial charge in [-0.25, -0.2) is 0 Å². The molecule has 0 radical (unpaired) electrons. The molecule has 1 aromatic carbocycles. The highest BCUT2D eigenvalue weighted by Gasteiger charge is 2.60. The molecule has 1 aromatic rings. The van der Waals surface area contributed by atoms with E-state index in [0.29, 0.717) is 18.6 Å². The fraction of sp³-hybridized carbons (Fsp3) is 0.650. The van der Waals surface area contributed by atoms with Gasteiger partial charge in [0.15, 0.2) is 23.4 Å². The second-order valence-corrected chi connectivity index (χ2v) is 8.33. The van der Waals surface area contributed by atoms with Crippen molar-refractivity contribution in [1.29, 1.82) is 0 Å². The van der Waals surface area contributed by atoms with E-state index in [9.17, 15) is 9.90 Å². The van der Waals surface area contributed by atoms with Gasteiger partial charge in [0.2, 0.25) is 0 Å². The first-order valence-electron chi connectivity index (χ1n) is 9.60. The molecule has 4 atom stereocenters. The topological polar surface area (TPSA) is 75.8 Å². The molecule has 5 nitrogen and oxygen atoms in total. The smallest absolute Gasteiger partial charge is 0.174 e. The number of carbonyl (C=O) groups excluding carboxylic acids is 1. The van der Waals surface area contributed by atoms with Crippen molar-refractivity contribution in [2.45, 2.75) is 62.6 Å².